The van der Waals surface area contributed by atoms with Crippen molar-refractivity contribution < 1.29 is 9.21 Å². The maximum Gasteiger partial charge on any atom is 0.239 e. The molecule has 0 saturated carbocycles. The number of carbonyl (C=O) groups excluding carboxylic acids is 1. The molecule has 2 heterocycles. The average molecular weight is 242 g/mol. The summed E-state index contributed by atoms with van der Waals surface area (Å²) in [6, 6.07) is 3.77. The molecule has 1 atom stereocenters. The van der Waals surface area contributed by atoms with Gasteiger partial charge in [-0.25, -0.2) is 5.01 Å². The number of hydrazone groups is 1. The summed E-state index contributed by atoms with van der Waals surface area (Å²) < 4.78 is 5.35. The van der Waals surface area contributed by atoms with Crippen molar-refractivity contribution in [2.75, 3.05) is 0 Å². The molecule has 1 aromatic rings. The molecular weight excluding hydrogens is 228 g/mol. The van der Waals surface area contributed by atoms with Crippen LogP contribution in [-0.4, -0.2) is 22.7 Å². The summed E-state index contributed by atoms with van der Waals surface area (Å²) in [6.07, 6.45) is 10.6. The first-order chi connectivity index (χ1) is 8.75. The van der Waals surface area contributed by atoms with Crippen molar-refractivity contribution in [1.82, 2.24) is 5.01 Å². The summed E-state index contributed by atoms with van der Waals surface area (Å²) in [4.78, 5) is 11.7. The third kappa shape index (κ3) is 1.79. The Labute approximate surface area is 105 Å². The Morgan fingerprint density at radius 1 is 1.44 bits per heavy atom. The number of hydrogen-bond donors (Lipinski definition) is 0. The minimum Gasteiger partial charge on any atom is -0.463 e. The van der Waals surface area contributed by atoms with Gasteiger partial charge in [0.25, 0.3) is 0 Å². The van der Waals surface area contributed by atoms with Crippen LogP contribution in [0.2, 0.25) is 0 Å². The zero-order valence-corrected chi connectivity index (χ0v) is 10.1. The van der Waals surface area contributed by atoms with E-state index in [1.54, 1.807) is 18.2 Å². The first-order valence-corrected chi connectivity index (χ1v) is 6.02. The topological polar surface area (TPSA) is 45.8 Å². The highest BCUT2D eigenvalue weighted by molar-refractivity contribution is 6.00. The third-order valence-corrected chi connectivity index (χ3v) is 3.30. The molecule has 3 rings (SSSR count). The maximum absolute atomic E-state index is 11.7. The minimum absolute atomic E-state index is 0.0322. The molecule has 1 aliphatic heterocycles. The van der Waals surface area contributed by atoms with E-state index in [1.165, 1.54) is 0 Å². The van der Waals surface area contributed by atoms with Crippen molar-refractivity contribution in [1.29, 1.82) is 0 Å². The third-order valence-electron chi connectivity index (χ3n) is 3.30. The minimum atomic E-state index is -0.0322. The van der Waals surface area contributed by atoms with Crippen molar-refractivity contribution in [3.63, 3.8) is 0 Å². The van der Waals surface area contributed by atoms with Gasteiger partial charge in [0.15, 0.2) is 0 Å². The van der Waals surface area contributed by atoms with E-state index >= 15 is 0 Å². The van der Waals surface area contributed by atoms with Gasteiger partial charge in [-0.3, -0.25) is 4.79 Å². The van der Waals surface area contributed by atoms with E-state index < -0.39 is 0 Å². The van der Waals surface area contributed by atoms with E-state index in [2.05, 4.69) is 17.3 Å². The van der Waals surface area contributed by atoms with Crippen molar-refractivity contribution >= 4 is 11.6 Å². The number of nitrogens with zero attached hydrogens (tertiary/aromatic N) is 2. The Hall–Kier alpha value is -2.10. The summed E-state index contributed by atoms with van der Waals surface area (Å²) in [5, 5.41) is 5.97. The van der Waals surface area contributed by atoms with Crippen LogP contribution in [0.25, 0.3) is 0 Å². The van der Waals surface area contributed by atoms with Gasteiger partial charge in [0.1, 0.15) is 11.5 Å². The lowest BCUT2D eigenvalue weighted by molar-refractivity contribution is -0.130. The number of rotatable bonds is 2. The molecule has 0 N–H and O–H groups in total. The molecule has 1 amide bonds. The van der Waals surface area contributed by atoms with Crippen LogP contribution in [0.5, 0.6) is 0 Å². The van der Waals surface area contributed by atoms with Gasteiger partial charge in [0.05, 0.1) is 12.3 Å². The zero-order valence-electron chi connectivity index (χ0n) is 10.1. The Kier molecular flexibility index (Phi) is 2.63. The second kappa shape index (κ2) is 4.29. The van der Waals surface area contributed by atoms with Crippen LogP contribution in [0.15, 0.2) is 52.2 Å². The van der Waals surface area contributed by atoms with Gasteiger partial charge in [-0.15, -0.1) is 0 Å². The highest BCUT2D eigenvalue weighted by Gasteiger charge is 2.35. The molecule has 1 aromatic heterocycles. The highest BCUT2D eigenvalue weighted by Crippen LogP contribution is 2.29. The van der Waals surface area contributed by atoms with Crippen molar-refractivity contribution in [3.8, 4) is 0 Å². The fourth-order valence-electron chi connectivity index (χ4n) is 2.43. The fourth-order valence-corrected chi connectivity index (χ4v) is 2.43. The number of hydrogen-bond acceptors (Lipinski definition) is 3. The molecule has 1 aliphatic carbocycles. The van der Waals surface area contributed by atoms with Gasteiger partial charge in [0.2, 0.25) is 5.91 Å². The molecule has 4 nitrogen and oxygen atoms in total. The largest absolute Gasteiger partial charge is 0.463 e. The molecule has 0 radical (unpaired) electrons. The summed E-state index contributed by atoms with van der Waals surface area (Å²) >= 11 is 0. The van der Waals surface area contributed by atoms with Crippen LogP contribution < -0.4 is 0 Å². The molecule has 0 aromatic carbocycles. The standard InChI is InChI=1S/C14H14N2O2/c1-10(17)16-13(11-5-2-3-6-11)9-12(15-16)14-7-4-8-18-14/h2-8,11,13H,9H2,1H3. The summed E-state index contributed by atoms with van der Waals surface area (Å²) in [5.41, 5.74) is 0.842. The SMILES string of the molecule is CC(=O)N1N=C(c2ccco2)CC1C1C=CC=C1. The Bertz CT molecular complexity index is 528. The van der Waals surface area contributed by atoms with Gasteiger partial charge in [-0.1, -0.05) is 24.3 Å². The van der Waals surface area contributed by atoms with Crippen molar-refractivity contribution in [2.24, 2.45) is 11.0 Å². The van der Waals surface area contributed by atoms with E-state index in [0.29, 0.717) is 0 Å². The molecular formula is C14H14N2O2. The number of carbonyl (C=O) groups is 1. The van der Waals surface area contributed by atoms with E-state index in [9.17, 15) is 4.79 Å². The summed E-state index contributed by atoms with van der Waals surface area (Å²) in [5.74, 6) is 0.954. The highest BCUT2D eigenvalue weighted by atomic mass is 16.3. The first kappa shape index (κ1) is 11.0. The van der Waals surface area contributed by atoms with Gasteiger partial charge in [0, 0.05) is 19.3 Å². The Balaban J connectivity index is 1.88. The quantitative estimate of drug-likeness (QED) is 0.799. The lowest BCUT2D eigenvalue weighted by Crippen LogP contribution is -2.35. The van der Waals surface area contributed by atoms with E-state index in [1.807, 2.05) is 24.3 Å². The van der Waals surface area contributed by atoms with Crippen LogP contribution in [0.3, 0.4) is 0 Å². The van der Waals surface area contributed by atoms with Gasteiger partial charge >= 0.3 is 0 Å². The Morgan fingerprint density at radius 2 is 2.22 bits per heavy atom. The van der Waals surface area contributed by atoms with Crippen LogP contribution in [0, 0.1) is 5.92 Å². The smallest absolute Gasteiger partial charge is 0.239 e. The molecule has 0 bridgehead atoms. The van der Waals surface area contributed by atoms with Crippen LogP contribution in [0.4, 0.5) is 0 Å². The second-order valence-electron chi connectivity index (χ2n) is 4.51. The molecule has 1 unspecified atom stereocenters. The normalized spacial score (nSPS) is 22.8. The molecule has 18 heavy (non-hydrogen) atoms. The molecule has 92 valence electrons. The fraction of sp³-hybridized carbons (Fsp3) is 0.286. The van der Waals surface area contributed by atoms with Crippen LogP contribution >= 0.6 is 0 Å². The number of amides is 1. The molecule has 0 spiro atoms. The lowest BCUT2D eigenvalue weighted by Gasteiger charge is -2.23. The number of furan rings is 1. The molecule has 0 fully saturated rings. The number of allylic oxidation sites excluding steroid dienone is 2. The van der Waals surface area contributed by atoms with Crippen LogP contribution in [0.1, 0.15) is 19.1 Å². The lowest BCUT2D eigenvalue weighted by atomic mass is 9.96. The summed E-state index contributed by atoms with van der Waals surface area (Å²) in [7, 11) is 0. The molecule has 4 heteroatoms. The van der Waals surface area contributed by atoms with Gasteiger partial charge in [-0.2, -0.15) is 5.10 Å². The van der Waals surface area contributed by atoms with Gasteiger partial charge in [-0.05, 0) is 12.1 Å². The van der Waals surface area contributed by atoms with Crippen molar-refractivity contribution in [3.05, 3.63) is 48.5 Å². The second-order valence-corrected chi connectivity index (χ2v) is 4.51. The van der Waals surface area contributed by atoms with Crippen molar-refractivity contribution in [2.45, 2.75) is 19.4 Å². The summed E-state index contributed by atoms with van der Waals surface area (Å²) in [6.45, 7) is 1.55. The predicted octanol–water partition coefficient (Wildman–Crippen LogP) is 2.35. The Morgan fingerprint density at radius 3 is 2.83 bits per heavy atom. The van der Waals surface area contributed by atoms with Crippen LogP contribution in [-0.2, 0) is 4.79 Å². The first-order valence-electron chi connectivity index (χ1n) is 6.02. The molecule has 2 aliphatic rings. The van der Waals surface area contributed by atoms with E-state index in [-0.39, 0.29) is 17.9 Å². The maximum atomic E-state index is 11.7. The molecule has 0 saturated heterocycles. The predicted molar refractivity (Wildman–Crippen MR) is 67.9 cm³/mol. The zero-order chi connectivity index (χ0) is 12.5. The monoisotopic (exact) mass is 242 g/mol. The van der Waals surface area contributed by atoms with E-state index in [0.717, 1.165) is 17.9 Å². The van der Waals surface area contributed by atoms with Gasteiger partial charge < -0.3 is 4.42 Å². The average Bonchev–Trinajstić information content (AvgIpc) is 3.10. The van der Waals surface area contributed by atoms with E-state index in [4.69, 9.17) is 4.42 Å².